The van der Waals surface area contributed by atoms with Crippen LogP contribution >= 0.6 is 0 Å². The van der Waals surface area contributed by atoms with E-state index in [0.29, 0.717) is 13.2 Å². The van der Waals surface area contributed by atoms with Crippen LogP contribution in [0.2, 0.25) is 0 Å². The van der Waals surface area contributed by atoms with E-state index in [-0.39, 0.29) is 0 Å². The summed E-state index contributed by atoms with van der Waals surface area (Å²) < 4.78 is 13.4. The number of aromatic nitrogens is 2. The molecule has 0 atom stereocenters. The highest BCUT2D eigenvalue weighted by atomic mass is 16.5. The van der Waals surface area contributed by atoms with Gasteiger partial charge in [0.2, 0.25) is 0 Å². The fourth-order valence-electron chi connectivity index (χ4n) is 3.32. The van der Waals surface area contributed by atoms with Crippen LogP contribution < -0.4 is 14.8 Å². The lowest BCUT2D eigenvalue weighted by Crippen LogP contribution is -2.16. The Labute approximate surface area is 159 Å². The summed E-state index contributed by atoms with van der Waals surface area (Å²) in [5, 5.41) is 8.21. The zero-order chi connectivity index (χ0) is 18.5. The van der Waals surface area contributed by atoms with Gasteiger partial charge in [0.1, 0.15) is 0 Å². The average molecular weight is 363 g/mol. The number of fused-ring (bicyclic) bond motifs is 1. The summed E-state index contributed by atoms with van der Waals surface area (Å²) in [6.07, 6.45) is 4.00. The molecular weight excluding hydrogens is 338 g/mol. The summed E-state index contributed by atoms with van der Waals surface area (Å²) in [5.74, 6) is 1.62. The van der Waals surface area contributed by atoms with Gasteiger partial charge in [-0.2, -0.15) is 5.10 Å². The Balaban J connectivity index is 1.45. The summed E-state index contributed by atoms with van der Waals surface area (Å²) in [6.45, 7) is 3.10. The van der Waals surface area contributed by atoms with E-state index in [1.165, 1.54) is 11.1 Å². The van der Waals surface area contributed by atoms with Crippen molar-refractivity contribution < 1.29 is 9.47 Å². The minimum absolute atomic E-state index is 0.687. The zero-order valence-corrected chi connectivity index (χ0v) is 15.6. The number of hydrogen-bond donors (Lipinski definition) is 1. The molecule has 0 fully saturated rings. The van der Waals surface area contributed by atoms with Crippen molar-refractivity contribution in [3.63, 3.8) is 0 Å². The summed E-state index contributed by atoms with van der Waals surface area (Å²) >= 11 is 0. The molecule has 0 bridgehead atoms. The van der Waals surface area contributed by atoms with Crippen molar-refractivity contribution in [2.75, 3.05) is 19.8 Å². The Hall–Kier alpha value is -2.79. The number of hydrogen-bond acceptors (Lipinski definition) is 4. The molecule has 140 valence electrons. The molecule has 1 aromatic heterocycles. The van der Waals surface area contributed by atoms with Crippen LogP contribution in [-0.2, 0) is 20.0 Å². The highest BCUT2D eigenvalue weighted by Gasteiger charge is 2.15. The van der Waals surface area contributed by atoms with Gasteiger partial charge in [0.05, 0.1) is 18.9 Å². The lowest BCUT2D eigenvalue weighted by atomic mass is 10.1. The molecule has 1 aliphatic rings. The Morgan fingerprint density at radius 1 is 1.04 bits per heavy atom. The summed E-state index contributed by atoms with van der Waals surface area (Å²) in [4.78, 5) is 0. The number of nitrogens with one attached hydrogen (secondary N) is 1. The first-order chi connectivity index (χ1) is 13.3. The molecule has 0 saturated carbocycles. The van der Waals surface area contributed by atoms with Crippen LogP contribution in [0, 0.1) is 0 Å². The van der Waals surface area contributed by atoms with Gasteiger partial charge in [0.15, 0.2) is 11.5 Å². The molecule has 0 aliphatic carbocycles. The van der Waals surface area contributed by atoms with Crippen LogP contribution in [0.25, 0.3) is 11.3 Å². The van der Waals surface area contributed by atoms with Crippen LogP contribution in [0.3, 0.4) is 0 Å². The molecule has 4 rings (SSSR count). The van der Waals surface area contributed by atoms with E-state index < -0.39 is 0 Å². The van der Waals surface area contributed by atoms with E-state index in [0.717, 1.165) is 48.7 Å². The van der Waals surface area contributed by atoms with E-state index in [2.05, 4.69) is 46.9 Å². The second-order valence-electron chi connectivity index (χ2n) is 6.80. The number of benzene rings is 2. The highest BCUT2D eigenvalue weighted by molar-refractivity contribution is 5.66. The van der Waals surface area contributed by atoms with Crippen molar-refractivity contribution in [3.05, 3.63) is 65.9 Å². The van der Waals surface area contributed by atoms with Crippen molar-refractivity contribution >= 4 is 0 Å². The Morgan fingerprint density at radius 2 is 1.85 bits per heavy atom. The van der Waals surface area contributed by atoms with Gasteiger partial charge in [0, 0.05) is 37.3 Å². The first-order valence-electron chi connectivity index (χ1n) is 9.47. The minimum Gasteiger partial charge on any atom is -0.490 e. The minimum atomic E-state index is 0.687. The molecule has 0 saturated heterocycles. The van der Waals surface area contributed by atoms with Crippen LogP contribution in [0.4, 0.5) is 0 Å². The van der Waals surface area contributed by atoms with Crippen molar-refractivity contribution in [2.45, 2.75) is 19.4 Å². The highest BCUT2D eigenvalue weighted by Crippen LogP contribution is 2.34. The maximum Gasteiger partial charge on any atom is 0.161 e. The second-order valence-corrected chi connectivity index (χ2v) is 6.80. The normalized spacial score (nSPS) is 13.4. The van der Waals surface area contributed by atoms with Gasteiger partial charge in [-0.15, -0.1) is 0 Å². The number of aryl methyl sites for hydroxylation is 1. The van der Waals surface area contributed by atoms with E-state index in [4.69, 9.17) is 9.47 Å². The fourth-order valence-corrected chi connectivity index (χ4v) is 3.32. The summed E-state index contributed by atoms with van der Waals surface area (Å²) in [7, 11) is 1.96. The molecule has 0 spiro atoms. The van der Waals surface area contributed by atoms with Crippen molar-refractivity contribution in [2.24, 2.45) is 7.05 Å². The van der Waals surface area contributed by atoms with Crippen LogP contribution in [-0.4, -0.2) is 29.5 Å². The first-order valence-corrected chi connectivity index (χ1v) is 9.47. The van der Waals surface area contributed by atoms with Gasteiger partial charge in [-0.1, -0.05) is 30.3 Å². The standard InChI is InChI=1S/C22H25N3O2/c1-25-16-19(15-23-11-10-17-6-3-2-4-7-17)22(24-25)18-8-9-20-21(14-18)27-13-5-12-26-20/h2-4,6-9,14,16,23H,5,10-13,15H2,1H3. The monoisotopic (exact) mass is 363 g/mol. The van der Waals surface area contributed by atoms with Gasteiger partial charge in [-0.3, -0.25) is 4.68 Å². The SMILES string of the molecule is Cn1cc(CNCCc2ccccc2)c(-c2ccc3c(c2)OCCCO3)n1. The maximum absolute atomic E-state index is 5.83. The lowest BCUT2D eigenvalue weighted by molar-refractivity contribution is 0.297. The topological polar surface area (TPSA) is 48.3 Å². The predicted octanol–water partition coefficient (Wildman–Crippen LogP) is 3.58. The molecule has 5 heteroatoms. The van der Waals surface area contributed by atoms with Gasteiger partial charge in [-0.25, -0.2) is 0 Å². The Morgan fingerprint density at radius 3 is 2.70 bits per heavy atom. The van der Waals surface area contributed by atoms with Crippen molar-refractivity contribution in [1.29, 1.82) is 0 Å². The molecule has 3 aromatic rings. The van der Waals surface area contributed by atoms with Crippen LogP contribution in [0.15, 0.2) is 54.7 Å². The average Bonchev–Trinajstić information content (AvgIpc) is 2.91. The quantitative estimate of drug-likeness (QED) is 0.680. The fraction of sp³-hybridized carbons (Fsp3) is 0.318. The second kappa shape index (κ2) is 8.27. The van der Waals surface area contributed by atoms with E-state index in [1.54, 1.807) is 0 Å². The largest absolute Gasteiger partial charge is 0.490 e. The number of nitrogens with zero attached hydrogens (tertiary/aromatic N) is 2. The van der Waals surface area contributed by atoms with Crippen molar-refractivity contribution in [1.82, 2.24) is 15.1 Å². The third kappa shape index (κ3) is 4.31. The molecule has 1 N–H and O–H groups in total. The Bertz CT molecular complexity index is 890. The molecule has 0 unspecified atom stereocenters. The van der Waals surface area contributed by atoms with E-state index >= 15 is 0 Å². The molecular formula is C22H25N3O2. The van der Waals surface area contributed by atoms with Gasteiger partial charge < -0.3 is 14.8 Å². The summed E-state index contributed by atoms with van der Waals surface area (Å²) in [5.41, 5.74) is 4.57. The smallest absolute Gasteiger partial charge is 0.161 e. The van der Waals surface area contributed by atoms with Crippen LogP contribution in [0.1, 0.15) is 17.5 Å². The van der Waals surface area contributed by atoms with Crippen molar-refractivity contribution in [3.8, 4) is 22.8 Å². The molecule has 2 aromatic carbocycles. The molecule has 0 radical (unpaired) electrons. The zero-order valence-electron chi connectivity index (χ0n) is 15.6. The predicted molar refractivity (Wildman–Crippen MR) is 106 cm³/mol. The maximum atomic E-state index is 5.83. The van der Waals surface area contributed by atoms with Gasteiger partial charge >= 0.3 is 0 Å². The molecule has 27 heavy (non-hydrogen) atoms. The van der Waals surface area contributed by atoms with Gasteiger partial charge in [0.25, 0.3) is 0 Å². The number of rotatable bonds is 6. The molecule has 2 heterocycles. The van der Waals surface area contributed by atoms with Crippen LogP contribution in [0.5, 0.6) is 11.5 Å². The molecule has 1 aliphatic heterocycles. The third-order valence-corrected chi connectivity index (χ3v) is 4.67. The first kappa shape index (κ1) is 17.6. The van der Waals surface area contributed by atoms with E-state index in [9.17, 15) is 0 Å². The third-order valence-electron chi connectivity index (χ3n) is 4.67. The summed E-state index contributed by atoms with van der Waals surface area (Å²) in [6, 6.07) is 16.6. The molecule has 0 amide bonds. The van der Waals surface area contributed by atoms with Gasteiger partial charge in [-0.05, 0) is 36.7 Å². The Kier molecular flexibility index (Phi) is 5.39. The van der Waals surface area contributed by atoms with E-state index in [1.807, 2.05) is 29.9 Å². The lowest BCUT2D eigenvalue weighted by Gasteiger charge is -2.10. The molecule has 5 nitrogen and oxygen atoms in total. The number of ether oxygens (including phenoxy) is 2.